The Bertz CT molecular complexity index is 560. The van der Waals surface area contributed by atoms with E-state index in [0.717, 1.165) is 45.1 Å². The van der Waals surface area contributed by atoms with E-state index in [9.17, 15) is 9.90 Å². The maximum Gasteiger partial charge on any atom is 0.347 e. The molecule has 25 heavy (non-hydrogen) atoms. The smallest absolute Gasteiger partial charge is 0.347 e. The molecule has 0 amide bonds. The van der Waals surface area contributed by atoms with Crippen molar-refractivity contribution < 1.29 is 37.0 Å². The van der Waals surface area contributed by atoms with E-state index in [2.05, 4.69) is 14.1 Å². The number of carbonyl (C=O) groups excluding carboxylic acids is 1. The van der Waals surface area contributed by atoms with Crippen molar-refractivity contribution in [3.05, 3.63) is 35.9 Å². The molecule has 1 saturated carbocycles. The Balaban J connectivity index is 0.00000156. The standard InChI is InChI=1S/C19H28NO3.ClH.H2O/c1-20(2)14-8-13-17(20)23-18(21)19(22,16-11-6-7-12-16)15-9-4-3-5-10-15;;/h3-5,9-10,16-17,22H,6-8,11-14H2,1-2H3;1H;1H2/q+1;;/p-1/t17-,19+;;/m1../s1. The summed E-state index contributed by atoms with van der Waals surface area (Å²) in [7, 11) is 4.17. The van der Waals surface area contributed by atoms with Gasteiger partial charge in [-0.25, -0.2) is 4.79 Å². The first kappa shape index (κ1) is 21.9. The lowest BCUT2D eigenvalue weighted by Gasteiger charge is -2.36. The van der Waals surface area contributed by atoms with Crippen LogP contribution in [0.4, 0.5) is 0 Å². The van der Waals surface area contributed by atoms with Crippen LogP contribution in [0.15, 0.2) is 30.3 Å². The molecule has 1 aromatic carbocycles. The first-order chi connectivity index (χ1) is 10.9. The molecule has 1 saturated heterocycles. The second-order valence-electron chi connectivity index (χ2n) is 7.62. The molecular weight excluding hydrogens is 342 g/mol. The highest BCUT2D eigenvalue weighted by Crippen LogP contribution is 2.42. The summed E-state index contributed by atoms with van der Waals surface area (Å²) in [6.45, 7) is 1.01. The number of hydrogen-bond acceptors (Lipinski definition) is 3. The van der Waals surface area contributed by atoms with E-state index in [0.29, 0.717) is 10.0 Å². The van der Waals surface area contributed by atoms with Gasteiger partial charge in [-0.15, -0.1) is 0 Å². The molecule has 2 fully saturated rings. The number of hydrogen-bond donors (Lipinski definition) is 1. The number of esters is 1. The van der Waals surface area contributed by atoms with Crippen LogP contribution in [0.2, 0.25) is 0 Å². The summed E-state index contributed by atoms with van der Waals surface area (Å²) in [4.78, 5) is 13.0. The summed E-state index contributed by atoms with van der Waals surface area (Å²) >= 11 is 0. The topological polar surface area (TPSA) is 78.0 Å². The molecule has 2 atom stereocenters. The first-order valence-electron chi connectivity index (χ1n) is 8.76. The Kier molecular flexibility index (Phi) is 7.44. The van der Waals surface area contributed by atoms with Gasteiger partial charge in [0.15, 0.2) is 5.60 Å². The average molecular weight is 372 g/mol. The second-order valence-corrected chi connectivity index (χ2v) is 7.62. The Morgan fingerprint density at radius 3 is 2.24 bits per heavy atom. The number of aliphatic hydroxyl groups is 1. The van der Waals surface area contributed by atoms with Gasteiger partial charge in [-0.3, -0.25) is 4.48 Å². The van der Waals surface area contributed by atoms with Crippen molar-refractivity contribution in [3.63, 3.8) is 0 Å². The molecule has 3 N–H and O–H groups in total. The summed E-state index contributed by atoms with van der Waals surface area (Å²) in [6, 6.07) is 9.33. The SMILES string of the molecule is C[N+]1(C)CCC[C@H]1OC(=O)[C@](O)(c1ccccc1)C1CCCC1.O.[Cl-]. The number of rotatable bonds is 4. The molecule has 1 heterocycles. The minimum Gasteiger partial charge on any atom is -1.00 e. The third kappa shape index (κ3) is 4.17. The maximum atomic E-state index is 13.0. The van der Waals surface area contributed by atoms with Crippen LogP contribution < -0.4 is 12.4 Å². The van der Waals surface area contributed by atoms with E-state index in [1.807, 2.05) is 30.3 Å². The van der Waals surface area contributed by atoms with E-state index >= 15 is 0 Å². The monoisotopic (exact) mass is 371 g/mol. The second kappa shape index (κ2) is 8.49. The summed E-state index contributed by atoms with van der Waals surface area (Å²) in [5, 5.41) is 11.4. The van der Waals surface area contributed by atoms with E-state index < -0.39 is 11.6 Å². The predicted octanol–water partition coefficient (Wildman–Crippen LogP) is -1.02. The van der Waals surface area contributed by atoms with Gasteiger partial charge in [0.25, 0.3) is 0 Å². The number of ether oxygens (including phenoxy) is 1. The van der Waals surface area contributed by atoms with Crippen molar-refractivity contribution in [2.75, 3.05) is 20.6 Å². The number of carbonyl (C=O) groups is 1. The third-order valence-electron chi connectivity index (χ3n) is 5.68. The summed E-state index contributed by atoms with van der Waals surface area (Å²) in [5.74, 6) is -0.511. The van der Waals surface area contributed by atoms with E-state index in [-0.39, 0.29) is 30.0 Å². The molecule has 5 nitrogen and oxygen atoms in total. The Labute approximate surface area is 156 Å². The van der Waals surface area contributed by atoms with E-state index in [1.54, 1.807) is 0 Å². The molecule has 0 unspecified atom stereocenters. The van der Waals surface area contributed by atoms with Crippen LogP contribution in [0.1, 0.15) is 44.1 Å². The summed E-state index contributed by atoms with van der Waals surface area (Å²) in [5.41, 5.74) is -0.847. The molecule has 1 aromatic rings. The number of benzene rings is 1. The van der Waals surface area contributed by atoms with Crippen LogP contribution >= 0.6 is 0 Å². The minimum atomic E-state index is -1.51. The fourth-order valence-electron chi connectivity index (χ4n) is 4.14. The Morgan fingerprint density at radius 2 is 1.72 bits per heavy atom. The maximum absolute atomic E-state index is 13.0. The molecule has 6 heteroatoms. The number of likely N-dealkylation sites (tertiary alicyclic amines) is 1. The summed E-state index contributed by atoms with van der Waals surface area (Å²) < 4.78 is 6.52. The van der Waals surface area contributed by atoms with Crippen molar-refractivity contribution in [2.24, 2.45) is 5.92 Å². The van der Waals surface area contributed by atoms with Gasteiger partial charge in [0.05, 0.1) is 20.6 Å². The lowest BCUT2D eigenvalue weighted by atomic mass is 9.80. The molecule has 142 valence electrons. The lowest BCUT2D eigenvalue weighted by molar-refractivity contribution is -0.921. The van der Waals surface area contributed by atoms with Gasteiger partial charge in [0.1, 0.15) is 0 Å². The molecular formula is C19H30ClNO4. The van der Waals surface area contributed by atoms with Gasteiger partial charge >= 0.3 is 5.97 Å². The van der Waals surface area contributed by atoms with Crippen molar-refractivity contribution in [2.45, 2.75) is 50.4 Å². The largest absolute Gasteiger partial charge is 1.00 e. The molecule has 1 aliphatic carbocycles. The van der Waals surface area contributed by atoms with Crippen LogP contribution in [0, 0.1) is 5.92 Å². The van der Waals surface area contributed by atoms with Crippen molar-refractivity contribution in [1.82, 2.24) is 0 Å². The molecule has 3 rings (SSSR count). The fourth-order valence-corrected chi connectivity index (χ4v) is 4.14. The quantitative estimate of drug-likeness (QED) is 0.544. The molecule has 1 aliphatic heterocycles. The van der Waals surface area contributed by atoms with Crippen LogP contribution in [0.5, 0.6) is 0 Å². The number of nitrogens with zero attached hydrogens (tertiary/aromatic N) is 1. The van der Waals surface area contributed by atoms with Crippen LogP contribution in [-0.4, -0.2) is 47.9 Å². The molecule has 0 bridgehead atoms. The van der Waals surface area contributed by atoms with E-state index in [1.165, 1.54) is 0 Å². The van der Waals surface area contributed by atoms with Crippen molar-refractivity contribution in [3.8, 4) is 0 Å². The average Bonchev–Trinajstić information content (AvgIpc) is 3.18. The Morgan fingerprint density at radius 1 is 1.12 bits per heavy atom. The van der Waals surface area contributed by atoms with Gasteiger partial charge < -0.3 is 27.7 Å². The zero-order valence-corrected chi connectivity index (χ0v) is 15.8. The number of quaternary nitrogens is 1. The Hall–Kier alpha value is -1.14. The molecule has 0 spiro atoms. The first-order valence-corrected chi connectivity index (χ1v) is 8.76. The van der Waals surface area contributed by atoms with Crippen LogP contribution in [0.3, 0.4) is 0 Å². The fraction of sp³-hybridized carbons (Fsp3) is 0.632. The van der Waals surface area contributed by atoms with Gasteiger partial charge in [-0.2, -0.15) is 0 Å². The highest BCUT2D eigenvalue weighted by atomic mass is 35.5. The molecule has 0 aromatic heterocycles. The van der Waals surface area contributed by atoms with Crippen LogP contribution in [-0.2, 0) is 15.1 Å². The van der Waals surface area contributed by atoms with Crippen molar-refractivity contribution in [1.29, 1.82) is 0 Å². The summed E-state index contributed by atoms with van der Waals surface area (Å²) in [6.07, 6.45) is 5.66. The van der Waals surface area contributed by atoms with E-state index in [4.69, 9.17) is 4.74 Å². The number of halogens is 1. The van der Waals surface area contributed by atoms with Crippen LogP contribution in [0.25, 0.3) is 0 Å². The zero-order chi connectivity index (χ0) is 16.5. The van der Waals surface area contributed by atoms with Crippen molar-refractivity contribution >= 4 is 5.97 Å². The third-order valence-corrected chi connectivity index (χ3v) is 5.68. The minimum absolute atomic E-state index is 0. The van der Waals surface area contributed by atoms with Gasteiger partial charge in [0.2, 0.25) is 6.23 Å². The highest BCUT2D eigenvalue weighted by molar-refractivity contribution is 5.81. The zero-order valence-electron chi connectivity index (χ0n) is 15.1. The molecule has 2 aliphatic rings. The van der Waals surface area contributed by atoms with Gasteiger partial charge in [-0.1, -0.05) is 43.2 Å². The lowest BCUT2D eigenvalue weighted by Crippen LogP contribution is -3.00. The predicted molar refractivity (Wildman–Crippen MR) is 92.0 cm³/mol. The normalized spacial score (nSPS) is 24.7. The van der Waals surface area contributed by atoms with Gasteiger partial charge in [0, 0.05) is 18.8 Å². The van der Waals surface area contributed by atoms with Gasteiger partial charge in [-0.05, 0) is 18.4 Å². The highest BCUT2D eigenvalue weighted by Gasteiger charge is 2.50. The molecule has 0 radical (unpaired) electrons.